The van der Waals surface area contributed by atoms with E-state index >= 15 is 0 Å². The molecule has 12 heteroatoms. The van der Waals surface area contributed by atoms with Gasteiger partial charge < -0.3 is 8.83 Å². The van der Waals surface area contributed by atoms with E-state index in [0.29, 0.717) is 21.8 Å². The molecule has 0 aliphatic carbocycles. The van der Waals surface area contributed by atoms with Gasteiger partial charge in [-0.05, 0) is 48.5 Å². The summed E-state index contributed by atoms with van der Waals surface area (Å²) in [5.74, 6) is -2.12. The van der Waals surface area contributed by atoms with E-state index in [9.17, 15) is 19.2 Å². The quantitative estimate of drug-likeness (QED) is 0.248. The van der Waals surface area contributed by atoms with Gasteiger partial charge in [0.25, 0.3) is 23.3 Å². The van der Waals surface area contributed by atoms with Crippen molar-refractivity contribution >= 4 is 33.4 Å². The maximum atomic E-state index is 12.7. The van der Waals surface area contributed by atoms with Crippen molar-refractivity contribution in [1.82, 2.24) is 30.4 Å². The number of rotatable bonds is 5. The highest BCUT2D eigenvalue weighted by Gasteiger charge is 2.23. The maximum absolute atomic E-state index is 12.7. The van der Waals surface area contributed by atoms with Gasteiger partial charge in [0.05, 0.1) is 21.8 Å². The average Bonchev–Trinajstić information content (AvgIpc) is 2.96. The fraction of sp³-hybridized carbons (Fsp3) is 0. The number of carbonyl (C=O) groups excluding carboxylic acids is 2. The molecule has 12 nitrogen and oxygen atoms in total. The molecule has 0 amide bonds. The van der Waals surface area contributed by atoms with Crippen LogP contribution in [0.25, 0.3) is 45.0 Å². The number of carbonyl (C=O) groups is 2. The van der Waals surface area contributed by atoms with Gasteiger partial charge in [-0.25, -0.2) is 19.6 Å². The summed E-state index contributed by atoms with van der Waals surface area (Å²) in [7, 11) is 0. The van der Waals surface area contributed by atoms with Gasteiger partial charge in [-0.2, -0.15) is 0 Å². The van der Waals surface area contributed by atoms with Gasteiger partial charge in [-0.15, -0.1) is 20.4 Å². The van der Waals surface area contributed by atoms with Gasteiger partial charge in [-0.3, -0.25) is 9.59 Å². The average molecular weight is 504 g/mol. The first-order valence-corrected chi connectivity index (χ1v) is 11.0. The molecular weight excluding hydrogens is 492 g/mol. The van der Waals surface area contributed by atoms with E-state index in [0.717, 1.165) is 0 Å². The molecule has 0 fully saturated rings. The monoisotopic (exact) mass is 504 g/mol. The van der Waals surface area contributed by atoms with Crippen LogP contribution in [0.15, 0.2) is 91.2 Å². The normalized spacial score (nSPS) is 11.1. The van der Waals surface area contributed by atoms with E-state index in [-0.39, 0.29) is 34.6 Å². The van der Waals surface area contributed by atoms with Crippen LogP contribution in [0.4, 0.5) is 0 Å². The van der Waals surface area contributed by atoms with E-state index < -0.39 is 22.8 Å². The molecule has 4 aromatic heterocycles. The molecule has 182 valence electrons. The first-order valence-electron chi connectivity index (χ1n) is 11.0. The first-order chi connectivity index (χ1) is 18.5. The highest BCUT2D eigenvalue weighted by Crippen LogP contribution is 2.18. The molecule has 0 N–H and O–H groups in total. The number of aromatic nitrogens is 6. The number of benzene rings is 2. The van der Waals surface area contributed by atoms with Crippen LogP contribution in [-0.4, -0.2) is 41.9 Å². The van der Waals surface area contributed by atoms with Crippen molar-refractivity contribution in [2.75, 3.05) is 0 Å². The van der Waals surface area contributed by atoms with Crippen molar-refractivity contribution in [2.24, 2.45) is 0 Å². The van der Waals surface area contributed by atoms with Crippen LogP contribution in [0.3, 0.4) is 0 Å². The topological polar surface area (TPSA) is 172 Å². The van der Waals surface area contributed by atoms with E-state index in [2.05, 4.69) is 30.4 Å². The SMILES string of the molecule is O=C(C(=O)c1ccc(-c2nc3ccccc3c(=O)o2)nn1)c1ccc(-c2nc3ccccc3c(=O)o2)nn1. The lowest BCUT2D eigenvalue weighted by Crippen LogP contribution is -2.18. The third-order valence-electron chi connectivity index (χ3n) is 5.51. The van der Waals surface area contributed by atoms with Crippen molar-refractivity contribution in [1.29, 1.82) is 0 Å². The first kappa shape index (κ1) is 22.7. The number of ketones is 2. The minimum atomic E-state index is -0.977. The Morgan fingerprint density at radius 3 is 1.34 bits per heavy atom. The summed E-state index contributed by atoms with van der Waals surface area (Å²) in [4.78, 5) is 58.3. The van der Waals surface area contributed by atoms with Crippen LogP contribution in [0.1, 0.15) is 21.0 Å². The number of hydrogen-bond donors (Lipinski definition) is 0. The molecule has 0 atom stereocenters. The molecule has 0 unspecified atom stereocenters. The predicted octanol–water partition coefficient (Wildman–Crippen LogP) is 2.67. The molecule has 38 heavy (non-hydrogen) atoms. The molecule has 0 radical (unpaired) electrons. The maximum Gasteiger partial charge on any atom is 0.347 e. The second-order valence-corrected chi connectivity index (χ2v) is 7.91. The van der Waals surface area contributed by atoms with Crippen LogP contribution in [0.5, 0.6) is 0 Å². The van der Waals surface area contributed by atoms with Crippen molar-refractivity contribution in [2.45, 2.75) is 0 Å². The fourth-order valence-corrected chi connectivity index (χ4v) is 3.62. The zero-order valence-electron chi connectivity index (χ0n) is 19.1. The third-order valence-corrected chi connectivity index (χ3v) is 5.51. The second kappa shape index (κ2) is 9.02. The smallest absolute Gasteiger partial charge is 0.347 e. The van der Waals surface area contributed by atoms with Crippen molar-refractivity contribution in [3.05, 3.63) is 105 Å². The molecule has 0 aliphatic rings. The molecule has 0 saturated heterocycles. The van der Waals surface area contributed by atoms with E-state index in [1.54, 1.807) is 48.5 Å². The standard InChI is InChI=1S/C26H12N6O6/c33-21(17-9-11-19(31-29-17)23-27-15-7-3-1-5-13(15)25(35)37-23)22(34)18-10-12-20(32-30-18)24-28-16-8-4-2-6-14(16)26(36)38-24/h1-12H. The van der Waals surface area contributed by atoms with E-state index in [1.165, 1.54) is 24.3 Å². The molecule has 6 rings (SSSR count). The summed E-state index contributed by atoms with van der Waals surface area (Å²) in [6.07, 6.45) is 0. The van der Waals surface area contributed by atoms with Gasteiger partial charge >= 0.3 is 11.3 Å². The predicted molar refractivity (Wildman–Crippen MR) is 131 cm³/mol. The largest absolute Gasteiger partial charge is 0.401 e. The van der Waals surface area contributed by atoms with Crippen molar-refractivity contribution in [3.63, 3.8) is 0 Å². The highest BCUT2D eigenvalue weighted by atomic mass is 16.4. The third kappa shape index (κ3) is 4.01. The highest BCUT2D eigenvalue weighted by molar-refractivity contribution is 6.48. The van der Waals surface area contributed by atoms with Crippen LogP contribution in [0.2, 0.25) is 0 Å². The molecule has 6 aromatic rings. The molecule has 0 bridgehead atoms. The van der Waals surface area contributed by atoms with Crippen LogP contribution >= 0.6 is 0 Å². The Bertz CT molecular complexity index is 1850. The van der Waals surface area contributed by atoms with Crippen molar-refractivity contribution in [3.8, 4) is 23.2 Å². The van der Waals surface area contributed by atoms with E-state index in [4.69, 9.17) is 8.83 Å². The summed E-state index contributed by atoms with van der Waals surface area (Å²) in [6.45, 7) is 0. The Labute approximate surface area is 210 Å². The summed E-state index contributed by atoms with van der Waals surface area (Å²) < 4.78 is 10.4. The number of fused-ring (bicyclic) bond motifs is 2. The molecule has 0 saturated carbocycles. The Hall–Kier alpha value is -5.78. The van der Waals surface area contributed by atoms with Crippen LogP contribution < -0.4 is 11.3 Å². The number of Topliss-reactive ketones (excluding diaryl/α,β-unsaturated/α-hetero) is 2. The van der Waals surface area contributed by atoms with Crippen molar-refractivity contribution < 1.29 is 18.4 Å². The second-order valence-electron chi connectivity index (χ2n) is 7.91. The fourth-order valence-electron chi connectivity index (χ4n) is 3.62. The Kier molecular flexibility index (Phi) is 5.38. The number of nitrogens with zero attached hydrogens (tertiary/aromatic N) is 6. The Morgan fingerprint density at radius 1 is 0.526 bits per heavy atom. The summed E-state index contributed by atoms with van der Waals surface area (Å²) in [6, 6.07) is 18.5. The minimum Gasteiger partial charge on any atom is -0.401 e. The lowest BCUT2D eigenvalue weighted by molar-refractivity contribution is 0.0810. The van der Waals surface area contributed by atoms with Gasteiger partial charge in [0.1, 0.15) is 22.8 Å². The van der Waals surface area contributed by atoms with Gasteiger partial charge in [0, 0.05) is 0 Å². The Morgan fingerprint density at radius 2 is 0.947 bits per heavy atom. The summed E-state index contributed by atoms with van der Waals surface area (Å²) in [5.41, 5.74) is -0.668. The van der Waals surface area contributed by atoms with E-state index in [1.807, 2.05) is 0 Å². The molecular formula is C26H12N6O6. The zero-order chi connectivity index (χ0) is 26.2. The molecule has 0 spiro atoms. The number of hydrogen-bond acceptors (Lipinski definition) is 12. The molecule has 0 aliphatic heterocycles. The number of para-hydroxylation sites is 2. The van der Waals surface area contributed by atoms with Gasteiger partial charge in [0.2, 0.25) is 0 Å². The summed E-state index contributed by atoms with van der Waals surface area (Å²) in [5, 5.41) is 15.9. The van der Waals surface area contributed by atoms with Crippen LogP contribution in [0, 0.1) is 0 Å². The Balaban J connectivity index is 1.23. The zero-order valence-corrected chi connectivity index (χ0v) is 19.1. The lowest BCUT2D eigenvalue weighted by Gasteiger charge is -2.03. The lowest BCUT2D eigenvalue weighted by atomic mass is 10.1. The minimum absolute atomic E-state index is 0.0815. The molecule has 4 heterocycles. The molecule has 2 aromatic carbocycles. The van der Waals surface area contributed by atoms with Crippen LogP contribution in [-0.2, 0) is 0 Å². The van der Waals surface area contributed by atoms with Gasteiger partial charge in [-0.1, -0.05) is 24.3 Å². The van der Waals surface area contributed by atoms with Gasteiger partial charge in [0.15, 0.2) is 0 Å². The summed E-state index contributed by atoms with van der Waals surface area (Å²) >= 11 is 0.